The van der Waals surface area contributed by atoms with Gasteiger partial charge in [-0.3, -0.25) is 14.6 Å². The Bertz CT molecular complexity index is 691. The summed E-state index contributed by atoms with van der Waals surface area (Å²) in [5, 5.41) is 1.90. The smallest absolute Gasteiger partial charge is 0.284 e. The molecular formula is C15H20FN5O. The van der Waals surface area contributed by atoms with Gasteiger partial charge in [0, 0.05) is 32.4 Å². The zero-order valence-corrected chi connectivity index (χ0v) is 12.8. The number of aryl methyl sites for hydroxylation is 1. The van der Waals surface area contributed by atoms with Crippen LogP contribution in [0.3, 0.4) is 0 Å². The maximum absolute atomic E-state index is 13.5. The van der Waals surface area contributed by atoms with Crippen LogP contribution in [0.15, 0.2) is 18.3 Å². The molecule has 22 heavy (non-hydrogen) atoms. The van der Waals surface area contributed by atoms with Crippen LogP contribution in [0.25, 0.3) is 5.65 Å². The van der Waals surface area contributed by atoms with Crippen molar-refractivity contribution in [1.29, 1.82) is 0 Å². The summed E-state index contributed by atoms with van der Waals surface area (Å²) >= 11 is 0. The van der Waals surface area contributed by atoms with E-state index < -0.39 is 0 Å². The van der Waals surface area contributed by atoms with Crippen LogP contribution in [0.4, 0.5) is 4.39 Å². The number of pyridine rings is 1. The predicted molar refractivity (Wildman–Crippen MR) is 81.1 cm³/mol. The molecule has 2 aromatic rings. The van der Waals surface area contributed by atoms with E-state index in [-0.39, 0.29) is 11.7 Å². The van der Waals surface area contributed by atoms with Crippen LogP contribution in [-0.4, -0.2) is 58.4 Å². The third-order valence-electron chi connectivity index (χ3n) is 3.97. The molecule has 0 unspecified atom stereocenters. The van der Waals surface area contributed by atoms with E-state index in [1.807, 2.05) is 11.9 Å². The number of hydrazine groups is 1. The fraction of sp³-hybridized carbons (Fsp3) is 0.467. The Hall–Kier alpha value is -1.99. The SMILES string of the molecule is CCc1nc2ccc(F)cn2c1C(=O)NN1CCN(C)CC1. The molecule has 3 rings (SSSR count). The molecule has 1 aliphatic rings. The number of carbonyl (C=O) groups excluding carboxylic acids is 1. The highest BCUT2D eigenvalue weighted by Gasteiger charge is 2.22. The Labute approximate surface area is 128 Å². The monoisotopic (exact) mass is 305 g/mol. The Morgan fingerprint density at radius 1 is 1.32 bits per heavy atom. The Kier molecular flexibility index (Phi) is 4.08. The molecule has 2 aromatic heterocycles. The Morgan fingerprint density at radius 2 is 2.05 bits per heavy atom. The standard InChI is InChI=1S/C15H20FN5O/c1-3-12-14(21-10-11(16)4-5-13(21)17-12)15(22)18-20-8-6-19(2)7-9-20/h4-5,10H,3,6-9H2,1-2H3,(H,18,22). The maximum Gasteiger partial charge on any atom is 0.284 e. The third kappa shape index (κ3) is 2.82. The number of halogens is 1. The van der Waals surface area contributed by atoms with Gasteiger partial charge in [0.25, 0.3) is 5.91 Å². The molecular weight excluding hydrogens is 285 g/mol. The van der Waals surface area contributed by atoms with Crippen molar-refractivity contribution in [2.75, 3.05) is 33.2 Å². The first-order chi connectivity index (χ1) is 10.6. The van der Waals surface area contributed by atoms with Crippen LogP contribution in [0.1, 0.15) is 23.1 Å². The maximum atomic E-state index is 13.5. The molecule has 118 valence electrons. The summed E-state index contributed by atoms with van der Waals surface area (Å²) in [6.45, 7) is 5.29. The van der Waals surface area contributed by atoms with Gasteiger partial charge in [0.15, 0.2) is 0 Å². The van der Waals surface area contributed by atoms with E-state index in [1.54, 1.807) is 6.07 Å². The van der Waals surface area contributed by atoms with Crippen molar-refractivity contribution < 1.29 is 9.18 Å². The first-order valence-electron chi connectivity index (χ1n) is 7.49. The second kappa shape index (κ2) is 6.02. The van der Waals surface area contributed by atoms with E-state index in [2.05, 4.69) is 22.4 Å². The van der Waals surface area contributed by atoms with E-state index in [0.29, 0.717) is 23.5 Å². The number of hydrogen-bond acceptors (Lipinski definition) is 4. The zero-order chi connectivity index (χ0) is 15.7. The van der Waals surface area contributed by atoms with Crippen molar-refractivity contribution in [2.24, 2.45) is 0 Å². The van der Waals surface area contributed by atoms with Crippen LogP contribution >= 0.6 is 0 Å². The van der Waals surface area contributed by atoms with Crippen molar-refractivity contribution in [3.63, 3.8) is 0 Å². The fourth-order valence-corrected chi connectivity index (χ4v) is 2.67. The van der Waals surface area contributed by atoms with Gasteiger partial charge < -0.3 is 4.90 Å². The lowest BCUT2D eigenvalue weighted by molar-refractivity contribution is 0.0656. The van der Waals surface area contributed by atoms with E-state index in [4.69, 9.17) is 0 Å². The van der Waals surface area contributed by atoms with Crippen molar-refractivity contribution in [2.45, 2.75) is 13.3 Å². The second-order valence-electron chi connectivity index (χ2n) is 5.57. The molecule has 0 aromatic carbocycles. The quantitative estimate of drug-likeness (QED) is 0.916. The van der Waals surface area contributed by atoms with Gasteiger partial charge >= 0.3 is 0 Å². The summed E-state index contributed by atoms with van der Waals surface area (Å²) in [7, 11) is 2.06. The number of carbonyl (C=O) groups is 1. The zero-order valence-electron chi connectivity index (χ0n) is 12.8. The number of aromatic nitrogens is 2. The highest BCUT2D eigenvalue weighted by Crippen LogP contribution is 2.15. The number of likely N-dealkylation sites (N-methyl/N-ethyl adjacent to an activating group) is 1. The third-order valence-corrected chi connectivity index (χ3v) is 3.97. The molecule has 0 spiro atoms. The number of piperazine rings is 1. The molecule has 0 radical (unpaired) electrons. The molecule has 0 atom stereocenters. The normalized spacial score (nSPS) is 17.0. The molecule has 1 saturated heterocycles. The Morgan fingerprint density at radius 3 is 2.73 bits per heavy atom. The number of nitrogens with zero attached hydrogens (tertiary/aromatic N) is 4. The highest BCUT2D eigenvalue weighted by molar-refractivity contribution is 5.94. The van der Waals surface area contributed by atoms with E-state index in [0.717, 1.165) is 26.2 Å². The minimum absolute atomic E-state index is 0.237. The molecule has 0 aliphatic carbocycles. The number of hydrogen-bond donors (Lipinski definition) is 1. The molecule has 1 N–H and O–H groups in total. The predicted octanol–water partition coefficient (Wildman–Crippen LogP) is 0.928. The molecule has 6 nitrogen and oxygen atoms in total. The first kappa shape index (κ1) is 14.9. The lowest BCUT2D eigenvalue weighted by atomic mass is 10.2. The van der Waals surface area contributed by atoms with Gasteiger partial charge in [-0.1, -0.05) is 6.92 Å². The van der Waals surface area contributed by atoms with Gasteiger partial charge in [-0.15, -0.1) is 0 Å². The van der Waals surface area contributed by atoms with Crippen molar-refractivity contribution in [1.82, 2.24) is 24.7 Å². The van der Waals surface area contributed by atoms with Crippen LogP contribution in [0, 0.1) is 5.82 Å². The second-order valence-corrected chi connectivity index (χ2v) is 5.57. The van der Waals surface area contributed by atoms with Crippen LogP contribution in [0.5, 0.6) is 0 Å². The molecule has 1 amide bonds. The van der Waals surface area contributed by atoms with Crippen LogP contribution < -0.4 is 5.43 Å². The highest BCUT2D eigenvalue weighted by atomic mass is 19.1. The largest absolute Gasteiger partial charge is 0.304 e. The number of amides is 1. The molecule has 7 heteroatoms. The Balaban J connectivity index is 1.88. The number of imidazole rings is 1. The van der Waals surface area contributed by atoms with Crippen molar-refractivity contribution in [3.8, 4) is 0 Å². The average molecular weight is 305 g/mol. The van der Waals surface area contributed by atoms with Crippen molar-refractivity contribution in [3.05, 3.63) is 35.5 Å². The van der Waals surface area contributed by atoms with Crippen LogP contribution in [0.2, 0.25) is 0 Å². The van der Waals surface area contributed by atoms with Gasteiger partial charge in [-0.05, 0) is 25.6 Å². The number of fused-ring (bicyclic) bond motifs is 1. The summed E-state index contributed by atoms with van der Waals surface area (Å²) in [6, 6.07) is 2.94. The molecule has 1 fully saturated rings. The summed E-state index contributed by atoms with van der Waals surface area (Å²) in [4.78, 5) is 19.2. The topological polar surface area (TPSA) is 52.9 Å². The minimum Gasteiger partial charge on any atom is -0.304 e. The van der Waals surface area contributed by atoms with Crippen LogP contribution in [-0.2, 0) is 6.42 Å². The summed E-state index contributed by atoms with van der Waals surface area (Å²) in [5.41, 5.74) is 4.59. The lowest BCUT2D eigenvalue weighted by Crippen LogP contribution is -2.52. The first-order valence-corrected chi connectivity index (χ1v) is 7.49. The number of nitrogens with one attached hydrogen (secondary N) is 1. The molecule has 0 bridgehead atoms. The van der Waals surface area contributed by atoms with E-state index >= 15 is 0 Å². The number of rotatable bonds is 3. The van der Waals surface area contributed by atoms with Gasteiger partial charge in [0.05, 0.1) is 5.69 Å². The molecule has 1 aliphatic heterocycles. The van der Waals surface area contributed by atoms with E-state index in [1.165, 1.54) is 16.7 Å². The molecule has 3 heterocycles. The average Bonchev–Trinajstić information content (AvgIpc) is 2.87. The lowest BCUT2D eigenvalue weighted by Gasteiger charge is -2.32. The minimum atomic E-state index is -0.388. The van der Waals surface area contributed by atoms with E-state index in [9.17, 15) is 9.18 Å². The summed E-state index contributed by atoms with van der Waals surface area (Å²) in [5.74, 6) is -0.624. The van der Waals surface area contributed by atoms with Gasteiger partial charge in [0.1, 0.15) is 17.2 Å². The van der Waals surface area contributed by atoms with Crippen molar-refractivity contribution >= 4 is 11.6 Å². The van der Waals surface area contributed by atoms with Gasteiger partial charge in [0.2, 0.25) is 0 Å². The summed E-state index contributed by atoms with van der Waals surface area (Å²) in [6.07, 6.45) is 1.93. The van der Waals surface area contributed by atoms with Gasteiger partial charge in [-0.25, -0.2) is 14.4 Å². The fourth-order valence-electron chi connectivity index (χ4n) is 2.67. The summed E-state index contributed by atoms with van der Waals surface area (Å²) < 4.78 is 15.0. The van der Waals surface area contributed by atoms with Gasteiger partial charge in [-0.2, -0.15) is 0 Å². The molecule has 0 saturated carbocycles.